The van der Waals surface area contributed by atoms with E-state index in [2.05, 4.69) is 11.9 Å². The number of amides is 1. The van der Waals surface area contributed by atoms with E-state index in [1.54, 1.807) is 13.1 Å². The average Bonchev–Trinajstić information content (AvgIpc) is 2.68. The lowest BCUT2D eigenvalue weighted by Crippen LogP contribution is -2.39. The lowest BCUT2D eigenvalue weighted by atomic mass is 9.99. The number of rotatable bonds is 4. The third-order valence-corrected chi connectivity index (χ3v) is 6.26. The number of fused-ring (bicyclic) bond motifs is 1. The molecule has 1 amide bonds. The largest absolute Gasteiger partial charge is 0.342 e. The molecule has 0 spiro atoms. The van der Waals surface area contributed by atoms with Crippen LogP contribution in [-0.2, 0) is 25.3 Å². The second-order valence-corrected chi connectivity index (χ2v) is 8.19. The average molecular weight is 391 g/mol. The second kappa shape index (κ2) is 7.88. The number of carbonyl (C=O) groups is 1. The van der Waals surface area contributed by atoms with Crippen molar-refractivity contribution in [3.63, 3.8) is 0 Å². The first-order chi connectivity index (χ1) is 12.8. The molecule has 8 heteroatoms. The molecule has 0 aromatic carbocycles. The predicted octanol–water partition coefficient (Wildman–Crippen LogP) is 1.55. The third kappa shape index (κ3) is 3.81. The Morgan fingerprint density at radius 2 is 1.89 bits per heavy atom. The summed E-state index contributed by atoms with van der Waals surface area (Å²) in [5.41, 5.74) is 0.629. The summed E-state index contributed by atoms with van der Waals surface area (Å²) in [5, 5.41) is 0.932. The molecule has 2 aromatic heterocycles. The summed E-state index contributed by atoms with van der Waals surface area (Å²) in [7, 11) is 3.12. The molecule has 1 aliphatic heterocycles. The van der Waals surface area contributed by atoms with Crippen molar-refractivity contribution in [2.24, 2.45) is 20.0 Å². The number of thioether (sulfide) groups is 1. The van der Waals surface area contributed by atoms with Gasteiger partial charge in [-0.1, -0.05) is 25.6 Å². The fraction of sp³-hybridized carbons (Fsp3) is 0.579. The lowest BCUT2D eigenvalue weighted by Gasteiger charge is -2.30. The molecular weight excluding hydrogens is 364 g/mol. The predicted molar refractivity (Wildman–Crippen MR) is 107 cm³/mol. The molecule has 0 unspecified atom stereocenters. The number of pyridine rings is 1. The monoisotopic (exact) mass is 390 g/mol. The van der Waals surface area contributed by atoms with Gasteiger partial charge in [-0.05, 0) is 31.2 Å². The molecule has 0 N–H and O–H groups in total. The Hall–Kier alpha value is -2.09. The topological polar surface area (TPSA) is 77.2 Å². The van der Waals surface area contributed by atoms with E-state index in [1.165, 1.54) is 23.4 Å². The second-order valence-electron chi connectivity index (χ2n) is 7.22. The van der Waals surface area contributed by atoms with Crippen LogP contribution in [0.2, 0.25) is 0 Å². The Balaban J connectivity index is 1.95. The molecule has 146 valence electrons. The molecule has 2 aromatic rings. The highest BCUT2D eigenvalue weighted by molar-refractivity contribution is 8.00. The van der Waals surface area contributed by atoms with Gasteiger partial charge in [-0.15, -0.1) is 0 Å². The highest BCUT2D eigenvalue weighted by atomic mass is 32.2. The van der Waals surface area contributed by atoms with Crippen molar-refractivity contribution in [3.05, 3.63) is 32.6 Å². The number of carbonyl (C=O) groups excluding carboxylic acids is 1. The first-order valence-corrected chi connectivity index (χ1v) is 10.3. The van der Waals surface area contributed by atoms with Crippen molar-refractivity contribution < 1.29 is 4.79 Å². The Bertz CT molecular complexity index is 987. The van der Waals surface area contributed by atoms with Crippen molar-refractivity contribution in [1.82, 2.24) is 19.0 Å². The van der Waals surface area contributed by atoms with Gasteiger partial charge in [-0.3, -0.25) is 18.7 Å². The normalized spacial score (nSPS) is 15.5. The lowest BCUT2D eigenvalue weighted by molar-refractivity contribution is -0.129. The molecule has 0 atom stereocenters. The highest BCUT2D eigenvalue weighted by Crippen LogP contribution is 2.25. The maximum Gasteiger partial charge on any atom is 0.330 e. The molecular formula is C19H26N4O3S. The number of likely N-dealkylation sites (tertiary alicyclic amines) is 1. The van der Waals surface area contributed by atoms with E-state index >= 15 is 0 Å². The van der Waals surface area contributed by atoms with E-state index in [9.17, 15) is 14.4 Å². The van der Waals surface area contributed by atoms with E-state index in [-0.39, 0.29) is 22.9 Å². The fourth-order valence-electron chi connectivity index (χ4n) is 3.37. The zero-order chi connectivity index (χ0) is 19.7. The number of hydrogen-bond acceptors (Lipinski definition) is 5. The van der Waals surface area contributed by atoms with Gasteiger partial charge in [0.25, 0.3) is 5.56 Å². The number of hydrogen-bond donors (Lipinski definition) is 0. The van der Waals surface area contributed by atoms with E-state index in [0.29, 0.717) is 28.3 Å². The number of aryl methyl sites for hydroxylation is 2. The Labute approximate surface area is 162 Å². The van der Waals surface area contributed by atoms with Crippen molar-refractivity contribution in [3.8, 4) is 0 Å². The molecule has 0 bridgehead atoms. The van der Waals surface area contributed by atoms with E-state index in [1.807, 2.05) is 11.8 Å². The maximum atomic E-state index is 12.7. The van der Waals surface area contributed by atoms with Crippen LogP contribution >= 0.6 is 11.8 Å². The van der Waals surface area contributed by atoms with Crippen LogP contribution in [0.4, 0.5) is 0 Å². The van der Waals surface area contributed by atoms with Crippen LogP contribution in [0.15, 0.2) is 20.7 Å². The van der Waals surface area contributed by atoms with Gasteiger partial charge in [0.2, 0.25) is 5.91 Å². The van der Waals surface area contributed by atoms with Crippen LogP contribution in [-0.4, -0.2) is 43.8 Å². The molecule has 7 nitrogen and oxygen atoms in total. The molecule has 3 heterocycles. The molecule has 27 heavy (non-hydrogen) atoms. The molecule has 0 radical (unpaired) electrons. The van der Waals surface area contributed by atoms with Crippen LogP contribution < -0.4 is 11.2 Å². The first kappa shape index (κ1) is 19.7. The Morgan fingerprint density at radius 3 is 2.52 bits per heavy atom. The van der Waals surface area contributed by atoms with Crippen molar-refractivity contribution >= 4 is 28.6 Å². The molecule has 1 aliphatic rings. The summed E-state index contributed by atoms with van der Waals surface area (Å²) in [6, 6.07) is 1.79. The van der Waals surface area contributed by atoms with Crippen molar-refractivity contribution in [2.45, 2.75) is 38.1 Å². The third-order valence-electron chi connectivity index (χ3n) is 5.30. The molecule has 0 aliphatic carbocycles. The molecule has 0 saturated carbocycles. The van der Waals surface area contributed by atoms with Gasteiger partial charge in [0, 0.05) is 32.9 Å². The summed E-state index contributed by atoms with van der Waals surface area (Å²) in [6.45, 7) is 5.77. The van der Waals surface area contributed by atoms with E-state index < -0.39 is 0 Å². The van der Waals surface area contributed by atoms with Gasteiger partial charge < -0.3 is 4.90 Å². The van der Waals surface area contributed by atoms with Gasteiger partial charge in [-0.2, -0.15) is 0 Å². The molecule has 1 saturated heterocycles. The van der Waals surface area contributed by atoms with Crippen LogP contribution in [0.5, 0.6) is 0 Å². The SMILES string of the molecule is CCc1cc2c(c(SCC(=O)N3CCC(C)CC3)n1)c(=O)n(C)c(=O)n2C. The van der Waals surface area contributed by atoms with Crippen LogP contribution in [0, 0.1) is 5.92 Å². The van der Waals surface area contributed by atoms with Gasteiger partial charge in [0.05, 0.1) is 16.7 Å². The van der Waals surface area contributed by atoms with Crippen molar-refractivity contribution in [1.29, 1.82) is 0 Å². The standard InChI is InChI=1S/C19H26N4O3S/c1-5-13-10-14-16(18(25)22(4)19(26)21(14)3)17(20-13)27-11-15(24)23-8-6-12(2)7-9-23/h10,12H,5-9,11H2,1-4H3. The smallest absolute Gasteiger partial charge is 0.330 e. The Kier molecular flexibility index (Phi) is 5.74. The number of nitrogens with zero attached hydrogens (tertiary/aromatic N) is 4. The zero-order valence-electron chi connectivity index (χ0n) is 16.3. The van der Waals surface area contributed by atoms with Gasteiger partial charge >= 0.3 is 5.69 Å². The maximum absolute atomic E-state index is 12.7. The number of aromatic nitrogens is 3. The fourth-order valence-corrected chi connectivity index (χ4v) is 4.33. The summed E-state index contributed by atoms with van der Waals surface area (Å²) in [5.74, 6) is 0.985. The van der Waals surface area contributed by atoms with Gasteiger partial charge in [0.1, 0.15) is 5.03 Å². The van der Waals surface area contributed by atoms with E-state index in [4.69, 9.17) is 0 Å². The van der Waals surface area contributed by atoms with Gasteiger partial charge in [-0.25, -0.2) is 9.78 Å². The first-order valence-electron chi connectivity index (χ1n) is 9.33. The number of piperidine rings is 1. The zero-order valence-corrected chi connectivity index (χ0v) is 17.1. The summed E-state index contributed by atoms with van der Waals surface area (Å²) in [6.07, 6.45) is 2.75. The highest BCUT2D eigenvalue weighted by Gasteiger charge is 2.22. The molecule has 1 fully saturated rings. The quantitative estimate of drug-likeness (QED) is 0.740. The summed E-state index contributed by atoms with van der Waals surface area (Å²) < 4.78 is 2.56. The summed E-state index contributed by atoms with van der Waals surface area (Å²) >= 11 is 1.29. The summed E-state index contributed by atoms with van der Waals surface area (Å²) in [4.78, 5) is 44.0. The Morgan fingerprint density at radius 1 is 1.22 bits per heavy atom. The van der Waals surface area contributed by atoms with Crippen LogP contribution in [0.25, 0.3) is 10.9 Å². The van der Waals surface area contributed by atoms with Crippen LogP contribution in [0.1, 0.15) is 32.4 Å². The minimum Gasteiger partial charge on any atom is -0.342 e. The van der Waals surface area contributed by atoms with Gasteiger partial charge in [0.15, 0.2) is 0 Å². The molecule has 3 rings (SSSR count). The van der Waals surface area contributed by atoms with E-state index in [0.717, 1.165) is 36.2 Å². The van der Waals surface area contributed by atoms with Crippen molar-refractivity contribution in [2.75, 3.05) is 18.8 Å². The minimum atomic E-state index is -0.370. The van der Waals surface area contributed by atoms with Crippen LogP contribution in [0.3, 0.4) is 0 Å². The minimum absolute atomic E-state index is 0.0744.